The Morgan fingerprint density at radius 2 is 1.10 bits per heavy atom. The lowest BCUT2D eigenvalue weighted by Gasteiger charge is -2.45. The molecule has 0 bridgehead atoms. The first-order valence-corrected chi connectivity index (χ1v) is 32.3. The van der Waals surface area contributed by atoms with E-state index in [4.69, 9.17) is 34.5 Å². The minimum absolute atomic E-state index is 0.484. The Labute approximate surface area is 252 Å². The highest BCUT2D eigenvalue weighted by molar-refractivity contribution is 6.91. The molecule has 1 saturated heterocycles. The zero-order valence-corrected chi connectivity index (χ0v) is 34.1. The van der Waals surface area contributed by atoms with Crippen molar-refractivity contribution in [3.8, 4) is 0 Å². The fraction of sp³-hybridized carbons (Fsp3) is 1.00. The van der Waals surface area contributed by atoms with Crippen molar-refractivity contribution in [2.75, 3.05) is 19.8 Å². The molecule has 5 unspecified atom stereocenters. The van der Waals surface area contributed by atoms with Gasteiger partial charge in [0.1, 0.15) is 0 Å². The molecular formula is C26H62O8Si6. The molecule has 2 fully saturated rings. The molecule has 40 heavy (non-hydrogen) atoms. The van der Waals surface area contributed by atoms with Crippen LogP contribution >= 0.6 is 0 Å². The second kappa shape index (κ2) is 14.8. The van der Waals surface area contributed by atoms with E-state index in [-0.39, 0.29) is 0 Å². The smallest absolute Gasteiger partial charge is 0.437 e. The van der Waals surface area contributed by atoms with Crippen LogP contribution < -0.4 is 0 Å². The first kappa shape index (κ1) is 37.2. The Morgan fingerprint density at radius 1 is 0.575 bits per heavy atom. The van der Waals surface area contributed by atoms with Crippen LogP contribution in [0.3, 0.4) is 0 Å². The lowest BCUT2D eigenvalue weighted by Crippen LogP contribution is -2.61. The standard InChI is InChI=1S/C26H62O8Si6/c1-14-27-40(28-15-2,29-16-3)22-21-39(13,32-36(7,8)9)34-38(12,33-37(10,11)31-35(4,5)6)20-19-24-17-18-25-26(23-24)30-25/h24-26H,14-23H2,1-13H3. The monoisotopic (exact) mass is 670 g/mol. The SMILES string of the molecule is CCO[Si](CC[Si](C)(O[Si](C)(C)C)O[Si](C)(CCC1CCC2OC2C1)O[Si](C)(C)O[Si](C)(C)C)(OCC)OCC. The molecule has 5 atom stereocenters. The van der Waals surface area contributed by atoms with E-state index in [0.29, 0.717) is 44.0 Å². The van der Waals surface area contributed by atoms with Gasteiger partial charge in [-0.05, 0) is 130 Å². The largest absolute Gasteiger partial charge is 0.500 e. The minimum atomic E-state index is -2.84. The zero-order valence-electron chi connectivity index (χ0n) is 28.1. The van der Waals surface area contributed by atoms with Gasteiger partial charge in [0.2, 0.25) is 0 Å². The lowest BCUT2D eigenvalue weighted by molar-refractivity contribution is 0.0719. The quantitative estimate of drug-likeness (QED) is 0.0970. The fourth-order valence-electron chi connectivity index (χ4n) is 6.23. The molecule has 0 radical (unpaired) electrons. The molecule has 1 saturated carbocycles. The Kier molecular flexibility index (Phi) is 13.8. The maximum Gasteiger partial charge on any atom is 0.500 e. The van der Waals surface area contributed by atoms with Crippen LogP contribution in [-0.4, -0.2) is 83.2 Å². The molecule has 14 heteroatoms. The molecule has 1 aliphatic heterocycles. The van der Waals surface area contributed by atoms with Crippen molar-refractivity contribution >= 4 is 51.1 Å². The molecule has 2 aliphatic rings. The van der Waals surface area contributed by atoms with E-state index in [1.165, 1.54) is 19.3 Å². The van der Waals surface area contributed by atoms with Gasteiger partial charge in [0, 0.05) is 25.9 Å². The summed E-state index contributed by atoms with van der Waals surface area (Å²) in [6.45, 7) is 30.1. The number of epoxide rings is 1. The summed E-state index contributed by atoms with van der Waals surface area (Å²) in [6.07, 6.45) is 5.72. The number of ether oxygens (including phenoxy) is 1. The molecule has 8 nitrogen and oxygen atoms in total. The molecule has 2 rings (SSSR count). The molecule has 0 N–H and O–H groups in total. The van der Waals surface area contributed by atoms with Crippen molar-refractivity contribution in [2.45, 2.75) is 142 Å². The van der Waals surface area contributed by atoms with E-state index in [9.17, 15) is 0 Å². The van der Waals surface area contributed by atoms with E-state index in [0.717, 1.165) is 18.5 Å². The number of hydrogen-bond donors (Lipinski definition) is 0. The lowest BCUT2D eigenvalue weighted by atomic mass is 9.88. The normalized spacial score (nSPS) is 25.3. The molecule has 1 aliphatic carbocycles. The van der Waals surface area contributed by atoms with Crippen LogP contribution in [0.2, 0.25) is 83.6 Å². The summed E-state index contributed by atoms with van der Waals surface area (Å²) in [7, 11) is -14.4. The summed E-state index contributed by atoms with van der Waals surface area (Å²) >= 11 is 0. The topological polar surface area (TPSA) is 77.1 Å². The first-order chi connectivity index (χ1) is 18.3. The Morgan fingerprint density at radius 3 is 1.57 bits per heavy atom. The zero-order chi connectivity index (χ0) is 30.5. The molecular weight excluding hydrogens is 609 g/mol. The van der Waals surface area contributed by atoms with Gasteiger partial charge in [0.25, 0.3) is 0 Å². The van der Waals surface area contributed by atoms with Crippen molar-refractivity contribution < 1.29 is 34.5 Å². The molecule has 238 valence electrons. The van der Waals surface area contributed by atoms with Crippen molar-refractivity contribution in [3.05, 3.63) is 0 Å². The van der Waals surface area contributed by atoms with Crippen molar-refractivity contribution in [3.63, 3.8) is 0 Å². The van der Waals surface area contributed by atoms with Gasteiger partial charge in [-0.3, -0.25) is 0 Å². The number of hydrogen-bond acceptors (Lipinski definition) is 8. The Bertz CT molecular complexity index is 762. The van der Waals surface area contributed by atoms with Gasteiger partial charge in [-0.1, -0.05) is 0 Å². The van der Waals surface area contributed by atoms with Gasteiger partial charge in [-0.15, -0.1) is 0 Å². The van der Waals surface area contributed by atoms with Crippen LogP contribution in [0, 0.1) is 5.92 Å². The summed E-state index contributed by atoms with van der Waals surface area (Å²) in [5.74, 6) is 0.671. The van der Waals surface area contributed by atoms with Crippen LogP contribution in [-0.2, 0) is 34.5 Å². The maximum absolute atomic E-state index is 7.37. The summed E-state index contributed by atoms with van der Waals surface area (Å²) in [6, 6.07) is 2.39. The predicted octanol–water partition coefficient (Wildman–Crippen LogP) is 7.57. The van der Waals surface area contributed by atoms with E-state index in [2.05, 4.69) is 65.5 Å². The van der Waals surface area contributed by atoms with Crippen LogP contribution in [0.15, 0.2) is 0 Å². The van der Waals surface area contributed by atoms with Crippen LogP contribution in [0.5, 0.6) is 0 Å². The van der Waals surface area contributed by atoms with E-state index >= 15 is 0 Å². The van der Waals surface area contributed by atoms with Crippen molar-refractivity contribution in [2.24, 2.45) is 5.92 Å². The fourth-order valence-corrected chi connectivity index (χ4v) is 34.4. The van der Waals surface area contributed by atoms with Gasteiger partial charge in [0.05, 0.1) is 12.2 Å². The van der Waals surface area contributed by atoms with Gasteiger partial charge in [0.15, 0.2) is 16.6 Å². The highest BCUT2D eigenvalue weighted by Gasteiger charge is 2.52. The third-order valence-electron chi connectivity index (χ3n) is 7.07. The summed E-state index contributed by atoms with van der Waals surface area (Å²) in [5.41, 5.74) is 0. The number of rotatable bonds is 20. The Balaban J connectivity index is 2.33. The highest BCUT2D eigenvalue weighted by Crippen LogP contribution is 2.42. The van der Waals surface area contributed by atoms with E-state index < -0.39 is 51.1 Å². The molecule has 1 heterocycles. The number of fused-ring (bicyclic) bond motifs is 1. The van der Waals surface area contributed by atoms with Gasteiger partial charge in [-0.25, -0.2) is 0 Å². The molecule has 0 aromatic rings. The summed E-state index contributed by atoms with van der Waals surface area (Å²) < 4.78 is 52.7. The minimum Gasteiger partial charge on any atom is -0.437 e. The molecule has 0 spiro atoms. The second-order valence-corrected chi connectivity index (χ2v) is 37.0. The van der Waals surface area contributed by atoms with Gasteiger partial charge >= 0.3 is 34.5 Å². The van der Waals surface area contributed by atoms with Gasteiger partial charge in [-0.2, -0.15) is 0 Å². The third kappa shape index (κ3) is 13.3. The highest BCUT2D eigenvalue weighted by atomic mass is 28.5. The van der Waals surface area contributed by atoms with Gasteiger partial charge < -0.3 is 34.5 Å². The average Bonchev–Trinajstić information content (AvgIpc) is 3.52. The Hall–Kier alpha value is 0.981. The van der Waals surface area contributed by atoms with Crippen LogP contribution in [0.1, 0.15) is 46.5 Å². The summed E-state index contributed by atoms with van der Waals surface area (Å²) in [5, 5.41) is 0. The van der Waals surface area contributed by atoms with Crippen molar-refractivity contribution in [1.29, 1.82) is 0 Å². The third-order valence-corrected chi connectivity index (χ3v) is 28.7. The molecule has 0 aromatic heterocycles. The average molecular weight is 671 g/mol. The molecule has 0 aromatic carbocycles. The van der Waals surface area contributed by atoms with Crippen LogP contribution in [0.4, 0.5) is 0 Å². The predicted molar refractivity (Wildman–Crippen MR) is 177 cm³/mol. The van der Waals surface area contributed by atoms with Crippen molar-refractivity contribution in [1.82, 2.24) is 0 Å². The van der Waals surface area contributed by atoms with Crippen LogP contribution in [0.25, 0.3) is 0 Å². The summed E-state index contributed by atoms with van der Waals surface area (Å²) in [4.78, 5) is 0. The maximum atomic E-state index is 7.37. The molecule has 0 amide bonds. The first-order valence-electron chi connectivity index (χ1n) is 15.6. The second-order valence-electron chi connectivity index (χ2n) is 14.2. The van der Waals surface area contributed by atoms with E-state index in [1.54, 1.807) is 0 Å². The van der Waals surface area contributed by atoms with E-state index in [1.807, 2.05) is 20.8 Å².